The van der Waals surface area contributed by atoms with Gasteiger partial charge < -0.3 is 26.2 Å². The van der Waals surface area contributed by atoms with Gasteiger partial charge in [0.25, 0.3) is 20.0 Å². The number of nitrogens with one attached hydrogen (secondary N) is 6. The van der Waals surface area contributed by atoms with Crippen molar-refractivity contribution in [2.24, 2.45) is 11.8 Å². The summed E-state index contributed by atoms with van der Waals surface area (Å²) in [5, 5.41) is 11.7. The first kappa shape index (κ1) is 50.3. The Morgan fingerprint density at radius 2 is 1.07 bits per heavy atom. The number of fused-ring (bicyclic) bond motifs is 4. The number of urea groups is 2. The molecular formula is C54H62N8O8S2. The normalized spacial score (nSPS) is 16.6. The van der Waals surface area contributed by atoms with Crippen LogP contribution in [0.2, 0.25) is 0 Å². The van der Waals surface area contributed by atoms with E-state index in [2.05, 4.69) is 47.8 Å². The third-order valence-corrected chi connectivity index (χ3v) is 17.2. The summed E-state index contributed by atoms with van der Waals surface area (Å²) in [6.45, 7) is 1.44. The van der Waals surface area contributed by atoms with Crippen LogP contribution in [0.4, 0.5) is 21.0 Å². The zero-order valence-electron chi connectivity index (χ0n) is 40.7. The van der Waals surface area contributed by atoms with Gasteiger partial charge in [0, 0.05) is 49.3 Å². The van der Waals surface area contributed by atoms with E-state index in [0.717, 1.165) is 95.9 Å². The molecule has 0 spiro atoms. The lowest BCUT2D eigenvalue weighted by atomic mass is 9.87. The Hall–Kier alpha value is -6.63. The Morgan fingerprint density at radius 3 is 1.53 bits per heavy atom. The molecule has 9 rings (SSSR count). The van der Waals surface area contributed by atoms with Gasteiger partial charge in [-0.1, -0.05) is 42.5 Å². The molecule has 1 aromatic heterocycles. The number of carbonyl (C=O) groups excluding carboxylic acids is 4. The quantitative estimate of drug-likeness (QED) is 0.0626. The molecule has 6 amide bonds. The van der Waals surface area contributed by atoms with Crippen LogP contribution < -0.4 is 30.7 Å². The highest BCUT2D eigenvalue weighted by Gasteiger charge is 2.38. The lowest BCUT2D eigenvalue weighted by molar-refractivity contribution is -0.121. The molecule has 72 heavy (non-hydrogen) atoms. The Labute approximate surface area is 421 Å². The highest BCUT2D eigenvalue weighted by Crippen LogP contribution is 2.47. The lowest BCUT2D eigenvalue weighted by Gasteiger charge is -2.19. The van der Waals surface area contributed by atoms with Gasteiger partial charge in [-0.25, -0.2) is 35.9 Å². The molecule has 0 saturated heterocycles. The van der Waals surface area contributed by atoms with E-state index in [0.29, 0.717) is 68.8 Å². The molecule has 378 valence electrons. The van der Waals surface area contributed by atoms with E-state index in [1.165, 1.54) is 35.4 Å². The van der Waals surface area contributed by atoms with E-state index >= 15 is 0 Å². The third-order valence-electron chi connectivity index (χ3n) is 14.5. The maximum atomic E-state index is 13.6. The van der Waals surface area contributed by atoms with Crippen LogP contribution in [-0.4, -0.2) is 84.3 Å². The van der Waals surface area contributed by atoms with Gasteiger partial charge in [-0.2, -0.15) is 0 Å². The maximum absolute atomic E-state index is 13.6. The van der Waals surface area contributed by atoms with Crippen molar-refractivity contribution in [3.8, 4) is 0 Å². The van der Waals surface area contributed by atoms with E-state index in [4.69, 9.17) is 0 Å². The number of pyridine rings is 1. The fraction of sp³-hybridized carbons (Fsp3) is 0.389. The molecular weight excluding hydrogens is 953 g/mol. The summed E-state index contributed by atoms with van der Waals surface area (Å²) in [6.07, 6.45) is 11.4. The number of nitrogens with zero attached hydrogens (tertiary/aromatic N) is 2. The van der Waals surface area contributed by atoms with Crippen LogP contribution in [0.15, 0.2) is 94.9 Å². The van der Waals surface area contributed by atoms with E-state index in [9.17, 15) is 36.0 Å². The summed E-state index contributed by atoms with van der Waals surface area (Å²) in [4.78, 5) is 57.7. The molecule has 0 fully saturated rings. The van der Waals surface area contributed by atoms with Crippen LogP contribution in [0.3, 0.4) is 0 Å². The van der Waals surface area contributed by atoms with Gasteiger partial charge in [-0.15, -0.1) is 0 Å². The molecule has 0 saturated carbocycles. The fourth-order valence-electron chi connectivity index (χ4n) is 10.9. The smallest absolute Gasteiger partial charge is 0.333 e. The number of hydrogen-bond acceptors (Lipinski definition) is 10. The summed E-state index contributed by atoms with van der Waals surface area (Å²) in [5.74, 6) is 0.231. The number of rotatable bonds is 18. The van der Waals surface area contributed by atoms with Gasteiger partial charge in [0.2, 0.25) is 11.8 Å². The van der Waals surface area contributed by atoms with E-state index in [-0.39, 0.29) is 39.9 Å². The summed E-state index contributed by atoms with van der Waals surface area (Å²) < 4.78 is 58.4. The molecule has 6 N–H and O–H groups in total. The molecule has 4 aliphatic rings. The number of anilines is 2. The molecule has 1 heterocycles. The molecule has 5 aromatic rings. The number of aryl methyl sites for hydroxylation is 2. The number of sulfonamides is 2. The van der Waals surface area contributed by atoms with Gasteiger partial charge >= 0.3 is 12.1 Å². The molecule has 4 aromatic carbocycles. The zero-order chi connectivity index (χ0) is 50.6. The Kier molecular flexibility index (Phi) is 15.1. The first-order valence-electron chi connectivity index (χ1n) is 24.8. The van der Waals surface area contributed by atoms with Gasteiger partial charge in [-0.3, -0.25) is 14.6 Å². The van der Waals surface area contributed by atoms with E-state index in [1.54, 1.807) is 42.6 Å². The maximum Gasteiger partial charge on any atom is 0.333 e. The Balaban J connectivity index is 0.816. The average molecular weight is 1020 g/mol. The van der Waals surface area contributed by atoms with Crippen LogP contribution in [0.1, 0.15) is 80.6 Å². The second-order valence-corrected chi connectivity index (χ2v) is 23.1. The Morgan fingerprint density at radius 1 is 0.583 bits per heavy atom. The third kappa shape index (κ3) is 11.8. The van der Waals surface area contributed by atoms with Crippen molar-refractivity contribution in [3.05, 3.63) is 146 Å². The van der Waals surface area contributed by atoms with Crippen LogP contribution in [0.25, 0.3) is 0 Å². The first-order chi connectivity index (χ1) is 34.6. The average Bonchev–Trinajstić information content (AvgIpc) is 4.18. The topological polar surface area (TPSA) is 225 Å². The minimum absolute atomic E-state index is 0.0425. The number of benzene rings is 4. The number of carbonyl (C=O) groups is 4. The summed E-state index contributed by atoms with van der Waals surface area (Å²) in [5.41, 5.74) is 12.5. The lowest BCUT2D eigenvalue weighted by Crippen LogP contribution is -2.35. The monoisotopic (exact) mass is 1010 g/mol. The van der Waals surface area contributed by atoms with E-state index in [1.807, 2.05) is 25.1 Å². The summed E-state index contributed by atoms with van der Waals surface area (Å²) >= 11 is 0. The molecule has 16 nitrogen and oxygen atoms in total. The second kappa shape index (κ2) is 21.6. The molecule has 0 aliphatic heterocycles. The minimum atomic E-state index is -4.22. The molecule has 0 bridgehead atoms. The molecule has 4 aliphatic carbocycles. The van der Waals surface area contributed by atoms with Crippen molar-refractivity contribution >= 4 is 55.3 Å². The van der Waals surface area contributed by atoms with Crippen LogP contribution in [-0.2, 0) is 100 Å². The van der Waals surface area contributed by atoms with Crippen molar-refractivity contribution in [3.63, 3.8) is 0 Å². The predicted octanol–water partition coefficient (Wildman–Crippen LogP) is 5.72. The van der Waals surface area contributed by atoms with Gasteiger partial charge in [0.1, 0.15) is 0 Å². The SMILES string of the molecule is CN(C)CCC(=O)NCCc1ccc(S(=O)(=O)NC(=O)Nc2c3c(cc4c2CC(C2Cc5cc6c(c(NC(=O)NS(=O)(=O)c7ccc(CCNC(=O)Cc8ccccn8)cc7)c5C2)CCC6)C4)CCC3)cc1. The molecule has 2 atom stereocenters. The highest BCUT2D eigenvalue weighted by molar-refractivity contribution is 7.90. The largest absolute Gasteiger partial charge is 0.356 e. The van der Waals surface area contributed by atoms with Crippen molar-refractivity contribution in [2.45, 2.75) is 99.7 Å². The molecule has 18 heteroatoms. The van der Waals surface area contributed by atoms with Crippen molar-refractivity contribution in [1.82, 2.24) is 30.0 Å². The fourth-order valence-corrected chi connectivity index (χ4v) is 12.7. The number of aromatic nitrogens is 1. The van der Waals surface area contributed by atoms with Gasteiger partial charge in [0.05, 0.1) is 16.2 Å². The first-order valence-corrected chi connectivity index (χ1v) is 27.8. The van der Waals surface area contributed by atoms with Crippen molar-refractivity contribution < 1.29 is 36.0 Å². The number of hydrogen-bond donors (Lipinski definition) is 6. The highest BCUT2D eigenvalue weighted by atomic mass is 32.2. The Bertz CT molecular complexity index is 3110. The molecule has 0 radical (unpaired) electrons. The second-order valence-electron chi connectivity index (χ2n) is 19.8. The minimum Gasteiger partial charge on any atom is -0.356 e. The standard InChI is InChI=1S/C54H62N8O8S2/c1-62(2)26-22-49(63)56-24-20-34-12-16-43(17-13-34)71(67,68)60-53(65)58-51-45-10-5-7-36(45)27-40-29-38(31-47(40)51)39-30-41-28-37-8-6-11-46(37)52(48(41)32-39)59-54(66)61-72(69,70)44-18-14-35(15-19-44)21-25-57-50(64)33-42-9-3-4-23-55-42/h3-4,9,12-19,23,27-28,38-39H,5-8,10-11,20-22,24-26,29-33H2,1-2H3,(H,56,63)(H,57,64)(H2,58,60,65)(H2,59,61,66). The van der Waals surface area contributed by atoms with Crippen LogP contribution in [0, 0.1) is 11.8 Å². The van der Waals surface area contributed by atoms with Crippen molar-refractivity contribution in [2.75, 3.05) is 44.4 Å². The zero-order valence-corrected chi connectivity index (χ0v) is 42.4. The predicted molar refractivity (Wildman–Crippen MR) is 275 cm³/mol. The molecule has 2 unspecified atom stereocenters. The summed E-state index contributed by atoms with van der Waals surface area (Å²) in [7, 11) is -4.61. The van der Waals surface area contributed by atoms with Crippen molar-refractivity contribution in [1.29, 1.82) is 0 Å². The van der Waals surface area contributed by atoms with Crippen LogP contribution >= 0.6 is 0 Å². The summed E-state index contributed by atoms with van der Waals surface area (Å²) in [6, 6.07) is 20.8. The number of amides is 6. The van der Waals surface area contributed by atoms with E-state index < -0.39 is 32.1 Å². The van der Waals surface area contributed by atoms with Crippen LogP contribution in [0.5, 0.6) is 0 Å². The van der Waals surface area contributed by atoms with Gasteiger partial charge in [-0.05, 0) is 195 Å². The van der Waals surface area contributed by atoms with Gasteiger partial charge in [0.15, 0.2) is 0 Å².